The van der Waals surface area contributed by atoms with Crippen molar-refractivity contribution in [2.24, 2.45) is 0 Å². The SMILES string of the molecule is CC(C)(C)Oc1ccc(C=CC(=O)c2ccc(N)cc2)c(OC(C)(C)C)c1. The van der Waals surface area contributed by atoms with Gasteiger partial charge in [-0.1, -0.05) is 0 Å². The maximum atomic E-state index is 12.4. The van der Waals surface area contributed by atoms with Crippen LogP contribution in [0.25, 0.3) is 6.08 Å². The highest BCUT2D eigenvalue weighted by Crippen LogP contribution is 2.31. The molecule has 2 aromatic carbocycles. The average molecular weight is 367 g/mol. The number of ether oxygens (including phenoxy) is 2. The predicted octanol–water partition coefficient (Wildman–Crippen LogP) is 5.52. The van der Waals surface area contributed by atoms with Gasteiger partial charge in [-0.25, -0.2) is 0 Å². The van der Waals surface area contributed by atoms with Gasteiger partial charge >= 0.3 is 0 Å². The maximum Gasteiger partial charge on any atom is 0.185 e. The van der Waals surface area contributed by atoms with Crippen molar-refractivity contribution in [1.29, 1.82) is 0 Å². The maximum absolute atomic E-state index is 12.4. The van der Waals surface area contributed by atoms with Crippen LogP contribution in [0.3, 0.4) is 0 Å². The molecular weight excluding hydrogens is 338 g/mol. The highest BCUT2D eigenvalue weighted by molar-refractivity contribution is 6.07. The number of hydrogen-bond acceptors (Lipinski definition) is 4. The van der Waals surface area contributed by atoms with E-state index in [0.717, 1.165) is 11.3 Å². The number of nitrogen functional groups attached to an aromatic ring is 1. The third-order valence-electron chi connectivity index (χ3n) is 3.43. The number of benzene rings is 2. The fourth-order valence-electron chi connectivity index (χ4n) is 2.40. The number of nitrogens with two attached hydrogens (primary N) is 1. The van der Waals surface area contributed by atoms with Gasteiger partial charge in [0, 0.05) is 22.9 Å². The summed E-state index contributed by atoms with van der Waals surface area (Å²) in [5, 5.41) is 0. The molecule has 27 heavy (non-hydrogen) atoms. The van der Waals surface area contributed by atoms with E-state index in [4.69, 9.17) is 15.2 Å². The Labute approximate surface area is 162 Å². The van der Waals surface area contributed by atoms with Gasteiger partial charge in [-0.15, -0.1) is 0 Å². The second-order valence-electron chi connectivity index (χ2n) is 8.45. The van der Waals surface area contributed by atoms with Crippen LogP contribution in [0.1, 0.15) is 57.5 Å². The first-order chi connectivity index (χ1) is 12.4. The first kappa shape index (κ1) is 20.6. The molecule has 0 amide bonds. The van der Waals surface area contributed by atoms with Gasteiger partial charge in [0.1, 0.15) is 22.7 Å². The number of ketones is 1. The van der Waals surface area contributed by atoms with E-state index in [9.17, 15) is 4.79 Å². The number of rotatable bonds is 5. The minimum atomic E-state index is -0.371. The lowest BCUT2D eigenvalue weighted by Crippen LogP contribution is -2.24. The molecule has 0 aliphatic carbocycles. The molecule has 0 fully saturated rings. The Morgan fingerprint density at radius 2 is 1.48 bits per heavy atom. The molecule has 0 heterocycles. The summed E-state index contributed by atoms with van der Waals surface area (Å²) in [5.74, 6) is 1.31. The smallest absolute Gasteiger partial charge is 0.185 e. The first-order valence-electron chi connectivity index (χ1n) is 9.03. The van der Waals surface area contributed by atoms with Crippen molar-refractivity contribution in [3.8, 4) is 11.5 Å². The van der Waals surface area contributed by atoms with Crippen molar-refractivity contribution >= 4 is 17.5 Å². The molecule has 0 saturated carbocycles. The molecule has 0 unspecified atom stereocenters. The Balaban J connectivity index is 2.30. The van der Waals surface area contributed by atoms with Crippen molar-refractivity contribution < 1.29 is 14.3 Å². The predicted molar refractivity (Wildman–Crippen MR) is 111 cm³/mol. The average Bonchev–Trinajstić information content (AvgIpc) is 2.51. The van der Waals surface area contributed by atoms with Gasteiger partial charge in [0.15, 0.2) is 5.78 Å². The summed E-state index contributed by atoms with van der Waals surface area (Å²) in [7, 11) is 0. The molecule has 2 aromatic rings. The lowest BCUT2D eigenvalue weighted by atomic mass is 10.1. The molecule has 4 nitrogen and oxygen atoms in total. The van der Waals surface area contributed by atoms with E-state index in [1.54, 1.807) is 36.4 Å². The van der Waals surface area contributed by atoms with E-state index < -0.39 is 0 Å². The van der Waals surface area contributed by atoms with Crippen molar-refractivity contribution in [2.45, 2.75) is 52.7 Å². The molecule has 0 aromatic heterocycles. The third-order valence-corrected chi connectivity index (χ3v) is 3.43. The number of hydrogen-bond donors (Lipinski definition) is 1. The van der Waals surface area contributed by atoms with Crippen LogP contribution in [0.4, 0.5) is 5.69 Å². The fraction of sp³-hybridized carbons (Fsp3) is 0.348. The Morgan fingerprint density at radius 1 is 0.889 bits per heavy atom. The molecule has 0 aliphatic rings. The summed E-state index contributed by atoms with van der Waals surface area (Å²) in [4.78, 5) is 12.4. The molecule has 144 valence electrons. The Hall–Kier alpha value is -2.75. The molecule has 0 bridgehead atoms. The van der Waals surface area contributed by atoms with Crippen molar-refractivity contribution in [1.82, 2.24) is 0 Å². The summed E-state index contributed by atoms with van der Waals surface area (Å²) in [6.45, 7) is 11.9. The summed E-state index contributed by atoms with van der Waals surface area (Å²) >= 11 is 0. The van der Waals surface area contributed by atoms with Gasteiger partial charge in [0.05, 0.1) is 0 Å². The Kier molecular flexibility index (Phi) is 5.99. The van der Waals surface area contributed by atoms with Crippen LogP contribution in [0.5, 0.6) is 11.5 Å². The number of anilines is 1. The van der Waals surface area contributed by atoms with Gasteiger partial charge in [0.2, 0.25) is 0 Å². The van der Waals surface area contributed by atoms with Crippen LogP contribution in [0.2, 0.25) is 0 Å². The van der Waals surface area contributed by atoms with E-state index in [1.807, 2.05) is 59.7 Å². The van der Waals surface area contributed by atoms with Gasteiger partial charge in [-0.2, -0.15) is 0 Å². The largest absolute Gasteiger partial charge is 0.488 e. The van der Waals surface area contributed by atoms with E-state index in [-0.39, 0.29) is 17.0 Å². The monoisotopic (exact) mass is 367 g/mol. The summed E-state index contributed by atoms with van der Waals surface area (Å²) in [6, 6.07) is 12.5. The van der Waals surface area contributed by atoms with Crippen molar-refractivity contribution in [3.05, 3.63) is 59.7 Å². The van der Waals surface area contributed by atoms with Crippen LogP contribution in [-0.2, 0) is 0 Å². The fourth-order valence-corrected chi connectivity index (χ4v) is 2.40. The van der Waals surface area contributed by atoms with Crippen molar-refractivity contribution in [2.75, 3.05) is 5.73 Å². The van der Waals surface area contributed by atoms with E-state index >= 15 is 0 Å². The lowest BCUT2D eigenvalue weighted by Gasteiger charge is -2.25. The number of carbonyl (C=O) groups is 1. The van der Waals surface area contributed by atoms with Gasteiger partial charge < -0.3 is 15.2 Å². The second kappa shape index (κ2) is 7.87. The topological polar surface area (TPSA) is 61.5 Å². The molecule has 0 radical (unpaired) electrons. The van der Waals surface area contributed by atoms with Crippen LogP contribution >= 0.6 is 0 Å². The summed E-state index contributed by atoms with van der Waals surface area (Å²) < 4.78 is 12.0. The first-order valence-corrected chi connectivity index (χ1v) is 9.03. The number of carbonyl (C=O) groups excluding carboxylic acids is 1. The molecule has 2 rings (SSSR count). The van der Waals surface area contributed by atoms with Gasteiger partial charge in [0.25, 0.3) is 0 Å². The standard InChI is InChI=1S/C23H29NO3/c1-22(2,3)26-19-13-9-17(21(15-19)27-23(4,5)6)10-14-20(25)16-7-11-18(24)12-8-16/h7-15H,24H2,1-6H3. The number of allylic oxidation sites excluding steroid dienone is 1. The van der Waals surface area contributed by atoms with Gasteiger partial charge in [-0.3, -0.25) is 4.79 Å². The normalized spacial score (nSPS) is 12.2. The molecule has 0 saturated heterocycles. The van der Waals surface area contributed by atoms with Crippen LogP contribution in [-0.4, -0.2) is 17.0 Å². The minimum absolute atomic E-state index is 0.0910. The molecular formula is C23H29NO3. The lowest BCUT2D eigenvalue weighted by molar-refractivity contribution is 0.104. The highest BCUT2D eigenvalue weighted by Gasteiger charge is 2.17. The molecule has 0 spiro atoms. The van der Waals surface area contributed by atoms with Crippen molar-refractivity contribution in [3.63, 3.8) is 0 Å². The second-order valence-corrected chi connectivity index (χ2v) is 8.45. The zero-order valence-electron chi connectivity index (χ0n) is 17.0. The third kappa shape index (κ3) is 6.81. The Bertz CT molecular complexity index is 822. The van der Waals surface area contributed by atoms with E-state index in [2.05, 4.69) is 0 Å². The quantitative estimate of drug-likeness (QED) is 0.429. The minimum Gasteiger partial charge on any atom is -0.488 e. The zero-order valence-corrected chi connectivity index (χ0v) is 17.0. The van der Waals surface area contributed by atoms with Crippen LogP contribution in [0, 0.1) is 0 Å². The molecule has 2 N–H and O–H groups in total. The molecule has 0 atom stereocenters. The van der Waals surface area contributed by atoms with Gasteiger partial charge in [-0.05, 0) is 90.1 Å². The van der Waals surface area contributed by atoms with Crippen LogP contribution < -0.4 is 15.2 Å². The summed E-state index contributed by atoms with van der Waals surface area (Å²) in [5.41, 5.74) is 7.03. The Morgan fingerprint density at radius 3 is 2.04 bits per heavy atom. The van der Waals surface area contributed by atoms with E-state index in [0.29, 0.717) is 17.0 Å². The highest BCUT2D eigenvalue weighted by atomic mass is 16.5. The van der Waals surface area contributed by atoms with E-state index in [1.165, 1.54) is 0 Å². The summed E-state index contributed by atoms with van der Waals surface area (Å²) in [6.07, 6.45) is 3.31. The zero-order chi connectivity index (χ0) is 20.2. The molecule has 0 aliphatic heterocycles. The molecule has 4 heteroatoms. The van der Waals surface area contributed by atoms with Crippen LogP contribution in [0.15, 0.2) is 48.5 Å².